The van der Waals surface area contributed by atoms with Crippen LogP contribution in [0.15, 0.2) is 36.5 Å². The minimum atomic E-state index is 0.549. The van der Waals surface area contributed by atoms with Crippen LogP contribution in [0.3, 0.4) is 0 Å². The number of aromatic nitrogens is 3. The molecular formula is C15H13N3O2. The molecule has 0 radical (unpaired) electrons. The summed E-state index contributed by atoms with van der Waals surface area (Å²) in [5.74, 6) is 2.33. The molecule has 1 aromatic carbocycles. The number of aryl methyl sites for hydroxylation is 1. The van der Waals surface area contributed by atoms with E-state index in [1.165, 1.54) is 0 Å². The molecule has 0 aliphatic carbocycles. The zero-order valence-electron chi connectivity index (χ0n) is 11.2. The predicted octanol–water partition coefficient (Wildman–Crippen LogP) is 2.55. The second-order valence-corrected chi connectivity index (χ2v) is 4.42. The highest BCUT2D eigenvalue weighted by Gasteiger charge is 2.11. The molecule has 3 aromatic rings. The van der Waals surface area contributed by atoms with Gasteiger partial charge < -0.3 is 4.74 Å². The zero-order chi connectivity index (χ0) is 14.1. The number of hydrogen-bond donors (Lipinski definition) is 0. The number of hydrogen-bond acceptors (Lipinski definition) is 4. The lowest BCUT2D eigenvalue weighted by Crippen LogP contribution is -2.00. The van der Waals surface area contributed by atoms with Gasteiger partial charge in [-0.2, -0.15) is 0 Å². The van der Waals surface area contributed by atoms with E-state index in [1.807, 2.05) is 29.7 Å². The number of nitrogens with zero attached hydrogens (tertiary/aromatic N) is 3. The molecule has 0 aliphatic rings. The predicted molar refractivity (Wildman–Crippen MR) is 75.5 cm³/mol. The number of rotatable bonds is 3. The van der Waals surface area contributed by atoms with Crippen molar-refractivity contribution in [2.24, 2.45) is 0 Å². The van der Waals surface area contributed by atoms with Crippen LogP contribution in [0.5, 0.6) is 5.75 Å². The fourth-order valence-electron chi connectivity index (χ4n) is 2.19. The summed E-state index contributed by atoms with van der Waals surface area (Å²) in [5.41, 5.74) is 2.35. The van der Waals surface area contributed by atoms with Gasteiger partial charge in [-0.05, 0) is 31.2 Å². The van der Waals surface area contributed by atoms with E-state index in [9.17, 15) is 4.79 Å². The first-order valence-corrected chi connectivity index (χ1v) is 6.17. The van der Waals surface area contributed by atoms with Gasteiger partial charge in [-0.3, -0.25) is 9.36 Å². The fourth-order valence-corrected chi connectivity index (χ4v) is 2.19. The molecule has 0 fully saturated rings. The number of methoxy groups -OCH3 is 1. The minimum Gasteiger partial charge on any atom is -0.497 e. The highest BCUT2D eigenvalue weighted by Crippen LogP contribution is 2.24. The maximum absolute atomic E-state index is 10.7. The average molecular weight is 267 g/mol. The third kappa shape index (κ3) is 1.93. The summed E-state index contributed by atoms with van der Waals surface area (Å²) in [4.78, 5) is 19.5. The highest BCUT2D eigenvalue weighted by atomic mass is 16.5. The van der Waals surface area contributed by atoms with Crippen molar-refractivity contribution in [3.05, 3.63) is 47.9 Å². The largest absolute Gasteiger partial charge is 0.497 e. The Balaban J connectivity index is 2.22. The van der Waals surface area contributed by atoms with Gasteiger partial charge in [0.2, 0.25) is 0 Å². The zero-order valence-corrected chi connectivity index (χ0v) is 11.2. The van der Waals surface area contributed by atoms with Crippen LogP contribution in [0.1, 0.15) is 16.2 Å². The smallest absolute Gasteiger partial charge is 0.151 e. The molecule has 0 aliphatic heterocycles. The van der Waals surface area contributed by atoms with Crippen LogP contribution in [-0.4, -0.2) is 27.9 Å². The molecule has 0 atom stereocenters. The van der Waals surface area contributed by atoms with Gasteiger partial charge in [-0.15, -0.1) is 0 Å². The lowest BCUT2D eigenvalue weighted by Gasteiger charge is -2.06. The van der Waals surface area contributed by atoms with Crippen LogP contribution in [-0.2, 0) is 0 Å². The van der Waals surface area contributed by atoms with Gasteiger partial charge in [0.1, 0.15) is 17.4 Å². The summed E-state index contributed by atoms with van der Waals surface area (Å²) in [6.07, 6.45) is 2.33. The van der Waals surface area contributed by atoms with Gasteiger partial charge in [-0.25, -0.2) is 9.97 Å². The Bertz CT molecular complexity index is 776. The summed E-state index contributed by atoms with van der Waals surface area (Å²) in [7, 11) is 1.63. The molecule has 3 rings (SSSR count). The monoisotopic (exact) mass is 267 g/mol. The van der Waals surface area contributed by atoms with Crippen molar-refractivity contribution in [2.75, 3.05) is 7.11 Å². The van der Waals surface area contributed by atoms with Gasteiger partial charge in [0, 0.05) is 17.8 Å². The van der Waals surface area contributed by atoms with Crippen LogP contribution in [0.4, 0.5) is 0 Å². The molecule has 0 saturated heterocycles. The van der Waals surface area contributed by atoms with Crippen LogP contribution in [0, 0.1) is 6.92 Å². The van der Waals surface area contributed by atoms with Gasteiger partial charge in [0.15, 0.2) is 6.29 Å². The Kier molecular flexibility index (Phi) is 2.95. The molecule has 100 valence electrons. The first kappa shape index (κ1) is 12.3. The van der Waals surface area contributed by atoms with E-state index < -0.39 is 0 Å². The van der Waals surface area contributed by atoms with E-state index in [0.717, 1.165) is 34.7 Å². The number of carbonyl (C=O) groups excluding carboxylic acids is 1. The summed E-state index contributed by atoms with van der Waals surface area (Å²) in [6, 6.07) is 9.25. The van der Waals surface area contributed by atoms with Gasteiger partial charge in [0.05, 0.1) is 18.1 Å². The molecule has 0 bridgehead atoms. The Morgan fingerprint density at radius 3 is 2.75 bits per heavy atom. The molecule has 0 amide bonds. The third-order valence-corrected chi connectivity index (χ3v) is 3.17. The highest BCUT2D eigenvalue weighted by molar-refractivity contribution is 5.80. The molecule has 2 heterocycles. The van der Waals surface area contributed by atoms with Gasteiger partial charge in [0.25, 0.3) is 0 Å². The van der Waals surface area contributed by atoms with Crippen molar-refractivity contribution >= 4 is 17.3 Å². The molecule has 5 nitrogen and oxygen atoms in total. The maximum Gasteiger partial charge on any atom is 0.151 e. The number of pyridine rings is 1. The molecule has 0 spiro atoms. The Labute approximate surface area is 115 Å². The van der Waals surface area contributed by atoms with Crippen molar-refractivity contribution < 1.29 is 9.53 Å². The average Bonchev–Trinajstić information content (AvgIpc) is 2.82. The van der Waals surface area contributed by atoms with Crippen LogP contribution in [0.25, 0.3) is 16.9 Å². The van der Waals surface area contributed by atoms with E-state index in [4.69, 9.17) is 4.74 Å². The number of aldehydes is 1. The lowest BCUT2D eigenvalue weighted by atomic mass is 10.3. The molecule has 0 N–H and O–H groups in total. The number of imidazole rings is 1. The van der Waals surface area contributed by atoms with Crippen molar-refractivity contribution in [1.82, 2.24) is 14.5 Å². The third-order valence-electron chi connectivity index (χ3n) is 3.17. The van der Waals surface area contributed by atoms with Crippen molar-refractivity contribution in [3.63, 3.8) is 0 Å². The second kappa shape index (κ2) is 4.77. The van der Waals surface area contributed by atoms with E-state index in [1.54, 1.807) is 25.4 Å². The summed E-state index contributed by atoms with van der Waals surface area (Å²) in [5, 5.41) is 0. The van der Waals surface area contributed by atoms with Crippen molar-refractivity contribution in [2.45, 2.75) is 6.92 Å². The summed E-state index contributed by atoms with van der Waals surface area (Å²) < 4.78 is 7.19. The first-order chi connectivity index (χ1) is 9.72. The first-order valence-electron chi connectivity index (χ1n) is 6.17. The van der Waals surface area contributed by atoms with Crippen LogP contribution in [0.2, 0.25) is 0 Å². The molecule has 0 saturated carbocycles. The number of fused-ring (bicyclic) bond motifs is 1. The number of carbonyl (C=O) groups is 1. The summed E-state index contributed by atoms with van der Waals surface area (Å²) >= 11 is 0. The topological polar surface area (TPSA) is 57.0 Å². The number of ether oxygens (including phenoxy) is 1. The van der Waals surface area contributed by atoms with Crippen LogP contribution >= 0.6 is 0 Å². The van der Waals surface area contributed by atoms with E-state index in [0.29, 0.717) is 5.56 Å². The molecule has 20 heavy (non-hydrogen) atoms. The Morgan fingerprint density at radius 2 is 2.10 bits per heavy atom. The van der Waals surface area contributed by atoms with Crippen molar-refractivity contribution in [3.8, 4) is 11.6 Å². The Morgan fingerprint density at radius 1 is 1.25 bits per heavy atom. The maximum atomic E-state index is 10.7. The summed E-state index contributed by atoms with van der Waals surface area (Å²) in [6.45, 7) is 1.92. The van der Waals surface area contributed by atoms with Gasteiger partial charge >= 0.3 is 0 Å². The quantitative estimate of drug-likeness (QED) is 0.684. The minimum absolute atomic E-state index is 0.549. The van der Waals surface area contributed by atoms with E-state index in [2.05, 4.69) is 9.97 Å². The Hall–Kier alpha value is -2.69. The van der Waals surface area contributed by atoms with Gasteiger partial charge in [-0.1, -0.05) is 0 Å². The van der Waals surface area contributed by atoms with E-state index >= 15 is 0 Å². The fraction of sp³-hybridized carbons (Fsp3) is 0.133. The van der Waals surface area contributed by atoms with E-state index in [-0.39, 0.29) is 0 Å². The molecular weight excluding hydrogens is 254 g/mol. The second-order valence-electron chi connectivity index (χ2n) is 4.42. The normalized spacial score (nSPS) is 10.7. The van der Waals surface area contributed by atoms with Crippen LogP contribution < -0.4 is 4.74 Å². The lowest BCUT2D eigenvalue weighted by molar-refractivity contribution is 0.112. The number of benzene rings is 1. The SMILES string of the molecule is COc1ccc2nc(C)n(-c3ccc(C=O)cn3)c2c1. The van der Waals surface area contributed by atoms with Crippen molar-refractivity contribution in [1.29, 1.82) is 0 Å². The molecule has 0 unspecified atom stereocenters. The standard InChI is InChI=1S/C15H13N3O2/c1-10-17-13-5-4-12(20-2)7-14(13)18(10)15-6-3-11(9-19)8-16-15/h3-9H,1-2H3. The molecule has 5 heteroatoms. The molecule has 2 aromatic heterocycles.